The molecule has 6 aliphatic rings. The number of amides is 3. The van der Waals surface area contributed by atoms with Gasteiger partial charge in [0.25, 0.3) is 11.8 Å². The van der Waals surface area contributed by atoms with Crippen molar-refractivity contribution in [2.24, 2.45) is 23.2 Å². The van der Waals surface area contributed by atoms with E-state index >= 15 is 0 Å². The SMILES string of the molecule is Cc1onc(-c2ccc(C(=O)NCCCCC(=O)OC3CCC4C5CCC6=C(CCC(=O)C6)C5CCC34C)cc2)c1C(=O)NC1C(=O)N2C1SC(C)(C)C2C(=O)O. The number of hydrogen-bond acceptors (Lipinski definition) is 10. The Morgan fingerprint density at radius 1 is 1.00 bits per heavy atom. The fraction of sp³-hybridized carbons (Fsp3) is 0.605. The fourth-order valence-corrected chi connectivity index (χ4v) is 12.7. The number of carbonyl (C=O) groups excluding carboxylic acids is 5. The molecule has 13 nitrogen and oxygen atoms in total. The number of hydrogen-bond donors (Lipinski definition) is 3. The molecule has 4 aliphatic carbocycles. The Bertz CT molecular complexity index is 2040. The number of nitrogens with one attached hydrogen (secondary N) is 2. The summed E-state index contributed by atoms with van der Waals surface area (Å²) in [4.78, 5) is 77.7. The van der Waals surface area contributed by atoms with Crippen molar-refractivity contribution in [3.63, 3.8) is 0 Å². The van der Waals surface area contributed by atoms with Gasteiger partial charge in [0.05, 0.1) is 0 Å². The van der Waals surface area contributed by atoms with Crippen LogP contribution >= 0.6 is 11.8 Å². The maximum atomic E-state index is 13.5. The van der Waals surface area contributed by atoms with Crippen LogP contribution in [0, 0.1) is 30.1 Å². The van der Waals surface area contributed by atoms with Crippen LogP contribution in [0.4, 0.5) is 0 Å². The molecule has 3 amide bonds. The molecule has 3 heterocycles. The average molecular weight is 801 g/mol. The topological polar surface area (TPSA) is 185 Å². The van der Waals surface area contributed by atoms with E-state index in [0.717, 1.165) is 44.9 Å². The highest BCUT2D eigenvalue weighted by Crippen LogP contribution is 2.62. The molecule has 2 aromatic rings. The highest BCUT2D eigenvalue weighted by atomic mass is 32.2. The van der Waals surface area contributed by atoms with Crippen molar-refractivity contribution < 1.29 is 43.1 Å². The van der Waals surface area contributed by atoms with Gasteiger partial charge in [-0.2, -0.15) is 0 Å². The number of aryl methyl sites for hydroxylation is 1. The van der Waals surface area contributed by atoms with Gasteiger partial charge in [0.1, 0.15) is 46.4 Å². The number of nitrogens with zero attached hydrogens (tertiary/aromatic N) is 2. The number of esters is 1. The number of Topliss-reactive ketones (excluding diaryl/α,β-unsaturated/α-hetero) is 1. The monoisotopic (exact) mass is 800 g/mol. The predicted octanol–water partition coefficient (Wildman–Crippen LogP) is 5.99. The van der Waals surface area contributed by atoms with Crippen molar-refractivity contribution in [1.82, 2.24) is 20.7 Å². The van der Waals surface area contributed by atoms with Gasteiger partial charge >= 0.3 is 11.9 Å². The maximum absolute atomic E-state index is 13.5. The minimum atomic E-state index is -1.08. The van der Waals surface area contributed by atoms with Crippen LogP contribution in [0.3, 0.4) is 0 Å². The Kier molecular flexibility index (Phi) is 10.4. The number of carboxylic acids is 1. The third-order valence-electron chi connectivity index (χ3n) is 14.0. The van der Waals surface area contributed by atoms with E-state index in [-0.39, 0.29) is 40.4 Å². The second-order valence-electron chi connectivity index (χ2n) is 17.7. The third-order valence-corrected chi connectivity index (χ3v) is 15.5. The summed E-state index contributed by atoms with van der Waals surface area (Å²) < 4.78 is 10.8. The summed E-state index contributed by atoms with van der Waals surface area (Å²) in [6.45, 7) is 7.87. The third kappa shape index (κ3) is 6.99. The highest BCUT2D eigenvalue weighted by Gasteiger charge is 2.64. The lowest BCUT2D eigenvalue weighted by Crippen LogP contribution is -2.70. The van der Waals surface area contributed by atoms with E-state index in [1.54, 1.807) is 50.6 Å². The molecule has 8 atom stereocenters. The van der Waals surface area contributed by atoms with E-state index < -0.39 is 40.0 Å². The fourth-order valence-electron chi connectivity index (χ4n) is 11.1. The molecule has 3 N–H and O–H groups in total. The normalized spacial score (nSPS) is 31.1. The molecule has 14 heteroatoms. The number of carboxylic acid groups (broad SMARTS) is 1. The van der Waals surface area contributed by atoms with E-state index in [2.05, 4.69) is 22.7 Å². The number of rotatable bonds is 11. The number of unbranched alkanes of at least 4 members (excludes halogenated alkanes) is 1. The summed E-state index contributed by atoms with van der Waals surface area (Å²) in [7, 11) is 0. The quantitative estimate of drug-likeness (QED) is 0.105. The van der Waals surface area contributed by atoms with Crippen molar-refractivity contribution in [2.45, 2.75) is 133 Å². The molecule has 0 spiro atoms. The molecule has 57 heavy (non-hydrogen) atoms. The Labute approximate surface area is 336 Å². The number of aliphatic carboxylic acids is 1. The van der Waals surface area contributed by atoms with Crippen LogP contribution in [0.15, 0.2) is 39.9 Å². The van der Waals surface area contributed by atoms with Gasteiger partial charge in [-0.15, -0.1) is 11.8 Å². The van der Waals surface area contributed by atoms with Crippen LogP contribution in [0.5, 0.6) is 0 Å². The van der Waals surface area contributed by atoms with Gasteiger partial charge in [0.15, 0.2) is 0 Å². The molecule has 1 aromatic heterocycles. The number of benzene rings is 1. The van der Waals surface area contributed by atoms with Gasteiger partial charge < -0.3 is 29.9 Å². The first kappa shape index (κ1) is 39.4. The lowest BCUT2D eigenvalue weighted by atomic mass is 9.54. The molecule has 2 saturated carbocycles. The molecule has 1 aromatic carbocycles. The smallest absolute Gasteiger partial charge is 0.327 e. The van der Waals surface area contributed by atoms with Crippen LogP contribution in [0.1, 0.15) is 124 Å². The second-order valence-corrected chi connectivity index (χ2v) is 19.4. The van der Waals surface area contributed by atoms with Crippen molar-refractivity contribution in [3.05, 3.63) is 52.3 Å². The zero-order chi connectivity index (χ0) is 40.4. The van der Waals surface area contributed by atoms with Gasteiger partial charge in [0.2, 0.25) is 5.91 Å². The summed E-state index contributed by atoms with van der Waals surface area (Å²) in [6.07, 6.45) is 10.2. The molecule has 8 rings (SSSR count). The zero-order valence-corrected chi connectivity index (χ0v) is 33.9. The van der Waals surface area contributed by atoms with Crippen LogP contribution in [-0.4, -0.2) is 85.5 Å². The highest BCUT2D eigenvalue weighted by molar-refractivity contribution is 8.01. The minimum absolute atomic E-state index is 0.00357. The lowest BCUT2D eigenvalue weighted by Gasteiger charge is -2.51. The molecule has 2 aliphatic heterocycles. The Morgan fingerprint density at radius 3 is 2.53 bits per heavy atom. The predicted molar refractivity (Wildman–Crippen MR) is 210 cm³/mol. The van der Waals surface area contributed by atoms with Crippen LogP contribution in [0.2, 0.25) is 0 Å². The van der Waals surface area contributed by atoms with E-state index in [9.17, 15) is 33.9 Å². The number of ether oxygens (including phenoxy) is 1. The molecule has 8 unspecified atom stereocenters. The minimum Gasteiger partial charge on any atom is -0.480 e. The molecule has 0 bridgehead atoms. The Hall–Kier alpha value is -4.46. The Balaban J connectivity index is 0.787. The van der Waals surface area contributed by atoms with Gasteiger partial charge in [-0.25, -0.2) is 4.79 Å². The van der Waals surface area contributed by atoms with E-state index in [1.165, 1.54) is 22.2 Å². The number of aromatic nitrogens is 1. The number of fused-ring (bicyclic) bond motifs is 5. The Morgan fingerprint density at radius 2 is 1.77 bits per heavy atom. The first-order valence-electron chi connectivity index (χ1n) is 20.5. The van der Waals surface area contributed by atoms with Gasteiger partial charge in [-0.1, -0.05) is 35.4 Å². The van der Waals surface area contributed by atoms with E-state index in [1.807, 2.05) is 0 Å². The largest absolute Gasteiger partial charge is 0.480 e. The number of allylic oxidation sites excluding steroid dienone is 2. The number of ketones is 1. The summed E-state index contributed by atoms with van der Waals surface area (Å²) in [5, 5.41) is 19.0. The summed E-state index contributed by atoms with van der Waals surface area (Å²) >= 11 is 1.34. The van der Waals surface area contributed by atoms with E-state index in [4.69, 9.17) is 9.26 Å². The van der Waals surface area contributed by atoms with Crippen molar-refractivity contribution >= 4 is 47.2 Å². The maximum Gasteiger partial charge on any atom is 0.327 e. The molecule has 2 saturated heterocycles. The van der Waals surface area contributed by atoms with Crippen molar-refractivity contribution in [3.8, 4) is 11.3 Å². The average Bonchev–Trinajstić information content (AvgIpc) is 3.81. The summed E-state index contributed by atoms with van der Waals surface area (Å²) in [5.74, 6) is -0.104. The van der Waals surface area contributed by atoms with Crippen LogP contribution < -0.4 is 10.6 Å². The first-order chi connectivity index (χ1) is 27.2. The lowest BCUT2D eigenvalue weighted by molar-refractivity contribution is -0.159. The summed E-state index contributed by atoms with van der Waals surface area (Å²) in [5.41, 5.74) is 4.39. The first-order valence-corrected chi connectivity index (χ1v) is 21.4. The standard InChI is InChI=1S/C43H52N4O9S/c1-22-33(38(51)45-35-39(52)47-36(41(53)54)42(2,3)57-40(35)47)34(46-56-22)23-8-10-24(11-9-23)37(50)44-20-6-5-7-32(49)55-31-17-16-30-29-14-12-25-21-26(48)13-15-27(25)28(29)18-19-43(30,31)4/h8-11,28-31,35-36,40H,5-7,12-21H2,1-4H3,(H,44,50)(H,45,51)(H,53,54). The van der Waals surface area contributed by atoms with Crippen LogP contribution in [0.25, 0.3) is 11.3 Å². The molecule has 4 fully saturated rings. The summed E-state index contributed by atoms with van der Waals surface area (Å²) in [6, 6.07) is 4.74. The second kappa shape index (κ2) is 15.0. The molecule has 304 valence electrons. The number of β-lactam (4-membered cyclic amide) rings is 1. The number of thioether (sulfide) groups is 1. The van der Waals surface area contributed by atoms with Gasteiger partial charge in [-0.3, -0.25) is 24.0 Å². The molecular weight excluding hydrogens is 749 g/mol. The van der Waals surface area contributed by atoms with Crippen molar-refractivity contribution in [2.75, 3.05) is 6.54 Å². The van der Waals surface area contributed by atoms with Crippen molar-refractivity contribution in [1.29, 1.82) is 0 Å². The zero-order valence-electron chi connectivity index (χ0n) is 33.1. The van der Waals surface area contributed by atoms with Gasteiger partial charge in [0, 0.05) is 47.1 Å². The van der Waals surface area contributed by atoms with Gasteiger partial charge in [-0.05, 0) is 108 Å². The van der Waals surface area contributed by atoms with Crippen LogP contribution in [-0.2, 0) is 23.9 Å². The van der Waals surface area contributed by atoms with E-state index in [0.29, 0.717) is 73.3 Å². The molecular formula is C43H52N4O9S. The molecule has 0 radical (unpaired) electrons. The number of carbonyl (C=O) groups is 6.